The molecular weight excluding hydrogens is 713 g/mol. The molecule has 16 nitrogen and oxygen atoms in total. The molecule has 1 amide bonds. The summed E-state index contributed by atoms with van der Waals surface area (Å²) < 4.78 is 63.1. The molecule has 2 aromatic heterocycles. The van der Waals surface area contributed by atoms with Gasteiger partial charge in [0.15, 0.2) is 5.95 Å². The van der Waals surface area contributed by atoms with Gasteiger partial charge in [0.25, 0.3) is 5.91 Å². The lowest BCUT2D eigenvalue weighted by Gasteiger charge is -2.16. The Balaban J connectivity index is 1.14. The summed E-state index contributed by atoms with van der Waals surface area (Å²) in [6.45, 7) is 3.89. The molecule has 0 radical (unpaired) electrons. The molecule has 0 saturated carbocycles. The molecule has 5 rings (SSSR count). The number of anilines is 1. The Bertz CT molecular complexity index is 2170. The fourth-order valence-corrected chi connectivity index (χ4v) is 7.46. The number of carboxylic acid groups (broad SMARTS) is 1. The molecule has 1 atom stereocenters. The van der Waals surface area contributed by atoms with Crippen LogP contribution in [0.5, 0.6) is 0 Å². The first kappa shape index (κ1) is 38.1. The molecule has 276 valence electrons. The number of hydrogen-bond acceptors (Lipinski definition) is 10. The first-order valence-electron chi connectivity index (χ1n) is 16.5. The SMILES string of the molecule is CCOCCCNS(=O)(=O)c1ccc(-c2ccc(S(=O)(=O)N[C@@H](CNC(=O)c3ccc4c(cnn4CCCNc4ncc[nH]4)c3)C(=O)O)cc2)cc1. The highest BCUT2D eigenvalue weighted by Gasteiger charge is 2.26. The van der Waals surface area contributed by atoms with E-state index in [1.807, 2.05) is 11.6 Å². The minimum atomic E-state index is -4.31. The van der Waals surface area contributed by atoms with E-state index in [1.165, 1.54) is 36.4 Å². The smallest absolute Gasteiger partial charge is 0.323 e. The molecule has 0 aliphatic rings. The molecule has 0 aliphatic heterocycles. The predicted octanol–water partition coefficient (Wildman–Crippen LogP) is 2.80. The Labute approximate surface area is 301 Å². The molecule has 6 N–H and O–H groups in total. The van der Waals surface area contributed by atoms with Crippen molar-refractivity contribution in [3.05, 3.63) is 90.9 Å². The highest BCUT2D eigenvalue weighted by atomic mass is 32.2. The number of carbonyl (C=O) groups excluding carboxylic acids is 1. The number of aryl methyl sites for hydroxylation is 1. The van der Waals surface area contributed by atoms with Crippen LogP contribution in [-0.4, -0.2) is 92.5 Å². The minimum Gasteiger partial charge on any atom is -0.480 e. The van der Waals surface area contributed by atoms with Gasteiger partial charge in [0, 0.05) is 62.7 Å². The van der Waals surface area contributed by atoms with E-state index in [0.717, 1.165) is 11.9 Å². The number of aliphatic carboxylic acids is 1. The van der Waals surface area contributed by atoms with Gasteiger partial charge in [-0.2, -0.15) is 9.82 Å². The molecule has 0 fully saturated rings. The number of sulfonamides is 2. The summed E-state index contributed by atoms with van der Waals surface area (Å²) >= 11 is 0. The molecule has 0 saturated heterocycles. The number of H-pyrrole nitrogens is 1. The molecule has 52 heavy (non-hydrogen) atoms. The molecule has 3 aromatic carbocycles. The van der Waals surface area contributed by atoms with Crippen LogP contribution in [0.15, 0.2) is 95.1 Å². The summed E-state index contributed by atoms with van der Waals surface area (Å²) in [5, 5.41) is 20.5. The van der Waals surface area contributed by atoms with E-state index in [4.69, 9.17) is 4.74 Å². The summed E-state index contributed by atoms with van der Waals surface area (Å²) in [4.78, 5) is 31.9. The van der Waals surface area contributed by atoms with E-state index in [9.17, 15) is 31.5 Å². The van der Waals surface area contributed by atoms with Crippen LogP contribution in [0.1, 0.15) is 30.1 Å². The fourth-order valence-electron chi connectivity index (χ4n) is 5.20. The van der Waals surface area contributed by atoms with Crippen molar-refractivity contribution in [2.75, 3.05) is 38.2 Å². The number of aromatic amines is 1. The summed E-state index contributed by atoms with van der Waals surface area (Å²) in [5.74, 6) is -1.37. The van der Waals surface area contributed by atoms with Crippen molar-refractivity contribution in [1.29, 1.82) is 0 Å². The normalized spacial score (nSPS) is 12.5. The number of nitrogens with one attached hydrogen (secondary N) is 5. The minimum absolute atomic E-state index is 0.0844. The van der Waals surface area contributed by atoms with E-state index in [0.29, 0.717) is 55.2 Å². The predicted molar refractivity (Wildman–Crippen MR) is 194 cm³/mol. The zero-order valence-electron chi connectivity index (χ0n) is 28.3. The monoisotopic (exact) mass is 752 g/mol. The van der Waals surface area contributed by atoms with Crippen molar-refractivity contribution in [3.8, 4) is 11.1 Å². The number of fused-ring (bicyclic) bond motifs is 1. The van der Waals surface area contributed by atoms with Gasteiger partial charge in [-0.15, -0.1) is 0 Å². The van der Waals surface area contributed by atoms with Gasteiger partial charge in [0.1, 0.15) is 6.04 Å². The van der Waals surface area contributed by atoms with Gasteiger partial charge in [-0.05, 0) is 73.4 Å². The molecule has 0 bridgehead atoms. The molecule has 18 heteroatoms. The van der Waals surface area contributed by atoms with Gasteiger partial charge in [-0.25, -0.2) is 26.5 Å². The third-order valence-corrected chi connectivity index (χ3v) is 10.9. The molecular formula is C34H40N8O8S2. The highest BCUT2D eigenvalue weighted by molar-refractivity contribution is 7.89. The first-order chi connectivity index (χ1) is 25.0. The molecule has 2 heterocycles. The Morgan fingerprint density at radius 1 is 0.923 bits per heavy atom. The van der Waals surface area contributed by atoms with Gasteiger partial charge < -0.3 is 25.5 Å². The number of rotatable bonds is 20. The van der Waals surface area contributed by atoms with Crippen molar-refractivity contribution in [1.82, 2.24) is 34.5 Å². The number of hydrogen-bond donors (Lipinski definition) is 6. The average Bonchev–Trinajstić information content (AvgIpc) is 3.81. The summed E-state index contributed by atoms with van der Waals surface area (Å²) in [6.07, 6.45) is 6.33. The van der Waals surface area contributed by atoms with E-state index in [-0.39, 0.29) is 21.9 Å². The van der Waals surface area contributed by atoms with Gasteiger partial charge >= 0.3 is 5.97 Å². The maximum atomic E-state index is 13.1. The van der Waals surface area contributed by atoms with Gasteiger partial charge in [-0.3, -0.25) is 14.3 Å². The Morgan fingerprint density at radius 2 is 1.62 bits per heavy atom. The lowest BCUT2D eigenvalue weighted by Crippen LogP contribution is -2.48. The molecule has 0 spiro atoms. The number of carbonyl (C=O) groups is 2. The summed E-state index contributed by atoms with van der Waals surface area (Å²) in [6, 6.07) is 15.1. The Morgan fingerprint density at radius 3 is 2.25 bits per heavy atom. The average molecular weight is 753 g/mol. The van der Waals surface area contributed by atoms with Crippen LogP contribution in [0.3, 0.4) is 0 Å². The molecule has 0 unspecified atom stereocenters. The number of carboxylic acids is 1. The third-order valence-electron chi connectivity index (χ3n) is 7.93. The number of ether oxygens (including phenoxy) is 1. The van der Waals surface area contributed by atoms with Gasteiger partial charge in [0.2, 0.25) is 20.0 Å². The van der Waals surface area contributed by atoms with Crippen molar-refractivity contribution >= 4 is 48.8 Å². The van der Waals surface area contributed by atoms with Crippen molar-refractivity contribution in [2.24, 2.45) is 0 Å². The quantitative estimate of drug-likeness (QED) is 0.0634. The van der Waals surface area contributed by atoms with Crippen molar-refractivity contribution < 1.29 is 36.3 Å². The largest absolute Gasteiger partial charge is 0.480 e. The number of amides is 1. The number of aromatic nitrogens is 4. The zero-order valence-corrected chi connectivity index (χ0v) is 29.9. The van der Waals surface area contributed by atoms with Crippen LogP contribution in [0.25, 0.3) is 22.0 Å². The second-order valence-electron chi connectivity index (χ2n) is 11.6. The van der Waals surface area contributed by atoms with Gasteiger partial charge in [-0.1, -0.05) is 24.3 Å². The van der Waals surface area contributed by atoms with E-state index in [1.54, 1.807) is 48.9 Å². The number of nitrogens with zero attached hydrogens (tertiary/aromatic N) is 3. The standard InChI is InChI=1S/C34H40N8O8S2/c1-2-50-20-4-16-40-51(46,47)28-10-5-24(6-11-28)25-7-12-29(13-8-25)52(48,49)41-30(33(44)45)23-38-32(43)26-9-14-31-27(21-26)22-39-42(31)19-3-15-35-34-36-17-18-37-34/h5-14,17-18,21-22,30,40-41H,2-4,15-16,19-20,23H2,1H3,(H,38,43)(H,44,45)(H2,35,36,37)/t30-/m0/s1. The number of benzene rings is 3. The second-order valence-corrected chi connectivity index (χ2v) is 15.1. The summed E-state index contributed by atoms with van der Waals surface area (Å²) in [5.41, 5.74) is 2.33. The van der Waals surface area contributed by atoms with Crippen LogP contribution in [0.2, 0.25) is 0 Å². The first-order valence-corrected chi connectivity index (χ1v) is 19.4. The van der Waals surface area contributed by atoms with Gasteiger partial charge in [0.05, 0.1) is 21.5 Å². The second kappa shape index (κ2) is 17.4. The lowest BCUT2D eigenvalue weighted by atomic mass is 10.1. The molecule has 0 aliphatic carbocycles. The Hall–Kier alpha value is -5.14. The molecule has 5 aromatic rings. The zero-order chi connectivity index (χ0) is 37.1. The van der Waals surface area contributed by atoms with Crippen LogP contribution < -0.4 is 20.1 Å². The number of imidazole rings is 1. The van der Waals surface area contributed by atoms with Crippen LogP contribution in [-0.2, 0) is 36.1 Å². The van der Waals surface area contributed by atoms with Crippen LogP contribution in [0.4, 0.5) is 5.95 Å². The Kier molecular flexibility index (Phi) is 12.7. The fraction of sp³-hybridized carbons (Fsp3) is 0.294. The van der Waals surface area contributed by atoms with Crippen LogP contribution in [0, 0.1) is 0 Å². The maximum Gasteiger partial charge on any atom is 0.323 e. The maximum absolute atomic E-state index is 13.1. The van der Waals surface area contributed by atoms with Crippen molar-refractivity contribution in [3.63, 3.8) is 0 Å². The highest BCUT2D eigenvalue weighted by Crippen LogP contribution is 2.23. The lowest BCUT2D eigenvalue weighted by molar-refractivity contribution is -0.138. The topological polar surface area (TPSA) is 226 Å². The van der Waals surface area contributed by atoms with E-state index >= 15 is 0 Å². The van der Waals surface area contributed by atoms with Crippen molar-refractivity contribution in [2.45, 2.75) is 42.1 Å². The van der Waals surface area contributed by atoms with E-state index < -0.39 is 44.5 Å². The third kappa shape index (κ3) is 10.0. The van der Waals surface area contributed by atoms with Crippen LogP contribution >= 0.6 is 0 Å². The van der Waals surface area contributed by atoms with E-state index in [2.05, 4.69) is 35.1 Å². The summed E-state index contributed by atoms with van der Waals surface area (Å²) in [7, 11) is -8.01.